The molecule has 0 saturated heterocycles. The van der Waals surface area contributed by atoms with E-state index in [1.165, 1.54) is 0 Å². The molecule has 0 saturated carbocycles. The van der Waals surface area contributed by atoms with Crippen LogP contribution in [0.2, 0.25) is 10.0 Å². The Morgan fingerprint density at radius 2 is 1.94 bits per heavy atom. The first-order chi connectivity index (χ1) is 7.69. The highest BCUT2D eigenvalue weighted by molar-refractivity contribution is 7.98. The standard InChI is InChI=1S/C12H17Cl2NS/c1-3-15-9(8-16-2)7-10-11(13)5-4-6-12(10)14/h4-6,9,15H,3,7-8H2,1-2H3. The van der Waals surface area contributed by atoms with Crippen LogP contribution in [0.25, 0.3) is 0 Å². The predicted molar refractivity (Wildman–Crippen MR) is 76.0 cm³/mol. The van der Waals surface area contributed by atoms with Crippen LogP contribution in [-0.4, -0.2) is 24.6 Å². The summed E-state index contributed by atoms with van der Waals surface area (Å²) in [5.74, 6) is 1.06. The van der Waals surface area contributed by atoms with Crippen LogP contribution in [0.1, 0.15) is 12.5 Å². The van der Waals surface area contributed by atoms with Gasteiger partial charge in [-0.3, -0.25) is 0 Å². The maximum absolute atomic E-state index is 6.15. The van der Waals surface area contributed by atoms with Gasteiger partial charge in [-0.2, -0.15) is 11.8 Å². The molecule has 0 aliphatic rings. The van der Waals surface area contributed by atoms with Crippen LogP contribution >= 0.6 is 35.0 Å². The van der Waals surface area contributed by atoms with E-state index in [2.05, 4.69) is 18.5 Å². The molecule has 0 aliphatic carbocycles. The molecule has 1 aromatic rings. The molecule has 1 aromatic carbocycles. The molecular weight excluding hydrogens is 261 g/mol. The lowest BCUT2D eigenvalue weighted by Gasteiger charge is -2.18. The van der Waals surface area contributed by atoms with Gasteiger partial charge in [0.15, 0.2) is 0 Å². The average Bonchev–Trinajstić information content (AvgIpc) is 2.24. The fraction of sp³-hybridized carbons (Fsp3) is 0.500. The van der Waals surface area contributed by atoms with Gasteiger partial charge in [0.25, 0.3) is 0 Å². The van der Waals surface area contributed by atoms with Gasteiger partial charge in [-0.05, 0) is 36.9 Å². The Kier molecular flexibility index (Phi) is 6.59. The summed E-state index contributed by atoms with van der Waals surface area (Å²) in [7, 11) is 0. The van der Waals surface area contributed by atoms with E-state index in [0.29, 0.717) is 6.04 Å². The Balaban J connectivity index is 2.76. The lowest BCUT2D eigenvalue weighted by atomic mass is 10.1. The Bertz CT molecular complexity index is 305. The molecule has 1 unspecified atom stereocenters. The highest BCUT2D eigenvalue weighted by atomic mass is 35.5. The minimum absolute atomic E-state index is 0.428. The van der Waals surface area contributed by atoms with Crippen molar-refractivity contribution in [1.82, 2.24) is 5.32 Å². The molecule has 1 rings (SSSR count). The lowest BCUT2D eigenvalue weighted by Crippen LogP contribution is -2.33. The summed E-state index contributed by atoms with van der Waals surface area (Å²) in [5.41, 5.74) is 1.05. The van der Waals surface area contributed by atoms with Crippen LogP contribution in [0.3, 0.4) is 0 Å². The van der Waals surface area contributed by atoms with Crippen molar-refractivity contribution in [2.45, 2.75) is 19.4 Å². The van der Waals surface area contributed by atoms with Crippen LogP contribution in [-0.2, 0) is 6.42 Å². The fourth-order valence-corrected chi connectivity index (χ4v) is 2.84. The van der Waals surface area contributed by atoms with Crippen LogP contribution in [0, 0.1) is 0 Å². The van der Waals surface area contributed by atoms with Crippen LogP contribution < -0.4 is 5.32 Å². The van der Waals surface area contributed by atoms with Gasteiger partial charge in [0.05, 0.1) is 0 Å². The van der Waals surface area contributed by atoms with Crippen molar-refractivity contribution in [1.29, 1.82) is 0 Å². The molecule has 0 spiro atoms. The number of benzene rings is 1. The Hall–Kier alpha value is 0.110. The smallest absolute Gasteiger partial charge is 0.0453 e. The third-order valence-corrected chi connectivity index (χ3v) is 3.82. The van der Waals surface area contributed by atoms with E-state index >= 15 is 0 Å². The monoisotopic (exact) mass is 277 g/mol. The molecule has 90 valence electrons. The lowest BCUT2D eigenvalue weighted by molar-refractivity contribution is 0.573. The summed E-state index contributed by atoms with van der Waals surface area (Å²) in [6, 6.07) is 6.10. The predicted octanol–water partition coefficient (Wildman–Crippen LogP) is 3.88. The maximum atomic E-state index is 6.15. The first kappa shape index (κ1) is 14.2. The number of thioether (sulfide) groups is 1. The summed E-state index contributed by atoms with van der Waals surface area (Å²) in [6.07, 6.45) is 2.99. The Morgan fingerprint density at radius 1 is 1.31 bits per heavy atom. The molecule has 0 bridgehead atoms. The highest BCUT2D eigenvalue weighted by Gasteiger charge is 2.12. The zero-order valence-electron chi connectivity index (χ0n) is 9.59. The quantitative estimate of drug-likeness (QED) is 0.847. The highest BCUT2D eigenvalue weighted by Crippen LogP contribution is 2.25. The van der Waals surface area contributed by atoms with Gasteiger partial charge in [-0.15, -0.1) is 0 Å². The first-order valence-corrected chi connectivity index (χ1v) is 7.49. The van der Waals surface area contributed by atoms with Crippen molar-refractivity contribution in [3.05, 3.63) is 33.8 Å². The number of likely N-dealkylation sites (N-methyl/N-ethyl adjacent to an activating group) is 1. The number of hydrogen-bond donors (Lipinski definition) is 1. The molecule has 4 heteroatoms. The summed E-state index contributed by atoms with van der Waals surface area (Å²) >= 11 is 14.1. The van der Waals surface area contributed by atoms with Crippen molar-refractivity contribution in [2.75, 3.05) is 18.6 Å². The van der Waals surface area contributed by atoms with Gasteiger partial charge in [-0.25, -0.2) is 0 Å². The van der Waals surface area contributed by atoms with E-state index in [4.69, 9.17) is 23.2 Å². The molecule has 0 fully saturated rings. The topological polar surface area (TPSA) is 12.0 Å². The number of halogens is 2. The van der Waals surface area contributed by atoms with Crippen molar-refractivity contribution in [3.63, 3.8) is 0 Å². The minimum Gasteiger partial charge on any atom is -0.313 e. The van der Waals surface area contributed by atoms with Crippen molar-refractivity contribution in [2.24, 2.45) is 0 Å². The number of rotatable bonds is 6. The zero-order chi connectivity index (χ0) is 12.0. The molecule has 0 aliphatic heterocycles. The van der Waals surface area contributed by atoms with Crippen molar-refractivity contribution >= 4 is 35.0 Å². The maximum Gasteiger partial charge on any atom is 0.0453 e. The van der Waals surface area contributed by atoms with Crippen molar-refractivity contribution < 1.29 is 0 Å². The van der Waals surface area contributed by atoms with Gasteiger partial charge in [0, 0.05) is 21.8 Å². The van der Waals surface area contributed by atoms with Gasteiger partial charge in [-0.1, -0.05) is 36.2 Å². The van der Waals surface area contributed by atoms with E-state index < -0.39 is 0 Å². The third-order valence-electron chi connectivity index (χ3n) is 2.37. The zero-order valence-corrected chi connectivity index (χ0v) is 11.9. The van der Waals surface area contributed by atoms with Crippen molar-refractivity contribution in [3.8, 4) is 0 Å². The molecule has 16 heavy (non-hydrogen) atoms. The molecule has 0 radical (unpaired) electrons. The molecule has 1 atom stereocenters. The van der Waals surface area contributed by atoms with Crippen LogP contribution in [0.5, 0.6) is 0 Å². The molecule has 0 aromatic heterocycles. The van der Waals surface area contributed by atoms with Crippen LogP contribution in [0.15, 0.2) is 18.2 Å². The Labute approximate surface area is 112 Å². The number of nitrogens with one attached hydrogen (secondary N) is 1. The number of hydrogen-bond acceptors (Lipinski definition) is 2. The average molecular weight is 278 g/mol. The third kappa shape index (κ3) is 4.17. The van der Waals surface area contributed by atoms with Gasteiger partial charge in [0.2, 0.25) is 0 Å². The summed E-state index contributed by atoms with van der Waals surface area (Å²) in [4.78, 5) is 0. The fourth-order valence-electron chi connectivity index (χ4n) is 1.65. The molecule has 0 heterocycles. The Morgan fingerprint density at radius 3 is 2.44 bits per heavy atom. The second-order valence-corrected chi connectivity index (χ2v) is 5.34. The molecule has 1 nitrogen and oxygen atoms in total. The van der Waals surface area contributed by atoms with E-state index in [1.807, 2.05) is 30.0 Å². The van der Waals surface area contributed by atoms with E-state index in [1.54, 1.807) is 0 Å². The normalized spacial score (nSPS) is 12.8. The molecule has 1 N–H and O–H groups in total. The largest absolute Gasteiger partial charge is 0.313 e. The minimum atomic E-state index is 0.428. The second kappa shape index (κ2) is 7.44. The van der Waals surface area contributed by atoms with Gasteiger partial charge >= 0.3 is 0 Å². The molecular formula is C12H17Cl2NS. The summed E-state index contributed by atoms with van der Waals surface area (Å²) in [6.45, 7) is 3.08. The summed E-state index contributed by atoms with van der Waals surface area (Å²) < 4.78 is 0. The van der Waals surface area contributed by atoms with Gasteiger partial charge < -0.3 is 5.32 Å². The van der Waals surface area contributed by atoms with Gasteiger partial charge in [0.1, 0.15) is 0 Å². The molecule has 0 amide bonds. The SMILES string of the molecule is CCNC(CSC)Cc1c(Cl)cccc1Cl. The van der Waals surface area contributed by atoms with E-state index in [-0.39, 0.29) is 0 Å². The van der Waals surface area contributed by atoms with Crippen LogP contribution in [0.4, 0.5) is 0 Å². The summed E-state index contributed by atoms with van der Waals surface area (Å²) in [5, 5.41) is 4.97. The van der Waals surface area contributed by atoms with E-state index in [9.17, 15) is 0 Å². The van der Waals surface area contributed by atoms with E-state index in [0.717, 1.165) is 34.3 Å². The second-order valence-electron chi connectivity index (χ2n) is 3.61. The first-order valence-electron chi connectivity index (χ1n) is 5.34.